The second-order valence-corrected chi connectivity index (χ2v) is 7.03. The van der Waals surface area contributed by atoms with E-state index in [1.807, 2.05) is 23.1 Å². The lowest BCUT2D eigenvalue weighted by molar-refractivity contribution is -0.125. The van der Waals surface area contributed by atoms with Crippen molar-refractivity contribution >= 4 is 29.1 Å². The molecule has 2 aromatic carbocycles. The van der Waals surface area contributed by atoms with Gasteiger partial charge in [0.1, 0.15) is 11.9 Å². The van der Waals surface area contributed by atoms with Crippen LogP contribution in [-0.4, -0.2) is 54.9 Å². The third-order valence-corrected chi connectivity index (χ3v) is 5.00. The zero-order valence-corrected chi connectivity index (χ0v) is 15.8. The highest BCUT2D eigenvalue weighted by atomic mass is 19.1. The summed E-state index contributed by atoms with van der Waals surface area (Å²) in [6.45, 7) is 2.95. The number of nitrogens with zero attached hydrogens (tertiary/aromatic N) is 3. The summed E-state index contributed by atoms with van der Waals surface area (Å²) in [6.07, 6.45) is -0.0331. The summed E-state index contributed by atoms with van der Waals surface area (Å²) in [5.74, 6) is -0.691. The van der Waals surface area contributed by atoms with E-state index in [0.717, 1.165) is 18.8 Å². The minimum atomic E-state index is -0.839. The van der Waals surface area contributed by atoms with E-state index in [0.29, 0.717) is 24.7 Å². The first kappa shape index (κ1) is 18.9. The van der Waals surface area contributed by atoms with E-state index in [2.05, 4.69) is 32.7 Å². The summed E-state index contributed by atoms with van der Waals surface area (Å²) in [5, 5.41) is 5.41. The van der Waals surface area contributed by atoms with Crippen molar-refractivity contribution in [3.8, 4) is 0 Å². The smallest absolute Gasteiger partial charge is 0.249 e. The predicted molar refractivity (Wildman–Crippen MR) is 109 cm³/mol. The number of amides is 2. The average molecular weight is 395 g/mol. The number of guanidine groups is 1. The van der Waals surface area contributed by atoms with Gasteiger partial charge in [-0.1, -0.05) is 24.3 Å². The van der Waals surface area contributed by atoms with Crippen molar-refractivity contribution in [1.29, 1.82) is 0 Å². The number of rotatable bonds is 3. The molecule has 2 aliphatic rings. The minimum absolute atomic E-state index is 0.0331. The molecule has 0 unspecified atom stereocenters. The van der Waals surface area contributed by atoms with E-state index >= 15 is 0 Å². The molecule has 1 atom stereocenters. The summed E-state index contributed by atoms with van der Waals surface area (Å²) >= 11 is 0. The first-order valence-electron chi connectivity index (χ1n) is 9.57. The number of nitrogens with one attached hydrogen (secondary N) is 2. The van der Waals surface area contributed by atoms with Gasteiger partial charge >= 0.3 is 0 Å². The molecule has 0 saturated carbocycles. The average Bonchev–Trinajstić information content (AvgIpc) is 2.74. The topological polar surface area (TPSA) is 77.0 Å². The molecule has 2 aromatic rings. The molecule has 0 aromatic heterocycles. The zero-order chi connectivity index (χ0) is 20.2. The zero-order valence-electron chi connectivity index (χ0n) is 15.8. The van der Waals surface area contributed by atoms with Crippen molar-refractivity contribution in [3.63, 3.8) is 0 Å². The van der Waals surface area contributed by atoms with E-state index in [-0.39, 0.29) is 12.3 Å². The lowest BCUT2D eigenvalue weighted by atomic mass is 10.1. The molecule has 2 heterocycles. The van der Waals surface area contributed by atoms with Crippen molar-refractivity contribution in [2.45, 2.75) is 12.5 Å². The minimum Gasteiger partial charge on any atom is -0.368 e. The maximum atomic E-state index is 13.3. The Morgan fingerprint density at radius 1 is 1.03 bits per heavy atom. The van der Waals surface area contributed by atoms with Crippen molar-refractivity contribution < 1.29 is 14.0 Å². The fourth-order valence-electron chi connectivity index (χ4n) is 3.50. The van der Waals surface area contributed by atoms with E-state index < -0.39 is 17.8 Å². The lowest BCUT2D eigenvalue weighted by Crippen LogP contribution is -2.56. The molecule has 2 aliphatic heterocycles. The lowest BCUT2D eigenvalue weighted by Gasteiger charge is -2.38. The summed E-state index contributed by atoms with van der Waals surface area (Å²) < 4.78 is 13.3. The summed E-state index contributed by atoms with van der Waals surface area (Å²) in [7, 11) is 0. The first-order chi connectivity index (χ1) is 14.1. The Morgan fingerprint density at radius 3 is 2.48 bits per heavy atom. The van der Waals surface area contributed by atoms with Crippen LogP contribution in [0.4, 0.5) is 15.8 Å². The van der Waals surface area contributed by atoms with Gasteiger partial charge < -0.3 is 15.1 Å². The highest BCUT2D eigenvalue weighted by Crippen LogP contribution is 2.17. The molecule has 0 bridgehead atoms. The van der Waals surface area contributed by atoms with Gasteiger partial charge in [0.2, 0.25) is 17.8 Å². The molecule has 2 amide bonds. The molecular formula is C21H22FN5O2. The number of halogens is 1. The van der Waals surface area contributed by atoms with Gasteiger partial charge in [0.05, 0.1) is 6.42 Å². The van der Waals surface area contributed by atoms with Gasteiger partial charge in [-0.15, -0.1) is 0 Å². The molecule has 4 rings (SSSR count). The van der Waals surface area contributed by atoms with Crippen LogP contribution in [0.25, 0.3) is 0 Å². The van der Waals surface area contributed by atoms with Gasteiger partial charge in [0.15, 0.2) is 0 Å². The second-order valence-electron chi connectivity index (χ2n) is 7.03. The predicted octanol–water partition coefficient (Wildman–Crippen LogP) is 1.83. The van der Waals surface area contributed by atoms with E-state index in [4.69, 9.17) is 0 Å². The number of hydrogen-bond donors (Lipinski definition) is 2. The Bertz CT molecular complexity index is 926. The Hall–Kier alpha value is -3.42. The Morgan fingerprint density at radius 2 is 1.76 bits per heavy atom. The molecule has 7 nitrogen and oxygen atoms in total. The fourth-order valence-corrected chi connectivity index (χ4v) is 3.50. The molecule has 29 heavy (non-hydrogen) atoms. The SMILES string of the molecule is O=C1C[C@@H](C(=O)Nc2cccc(F)c2)N=C(N2CCN(c3ccccc3)CC2)N1. The maximum absolute atomic E-state index is 13.3. The number of carbonyl (C=O) groups excluding carboxylic acids is 2. The molecular weight excluding hydrogens is 373 g/mol. The fraction of sp³-hybridized carbons (Fsp3) is 0.286. The number of hydrogen-bond acceptors (Lipinski definition) is 5. The second kappa shape index (κ2) is 8.30. The van der Waals surface area contributed by atoms with Crippen LogP contribution in [0.15, 0.2) is 59.6 Å². The third kappa shape index (κ3) is 4.53. The van der Waals surface area contributed by atoms with Gasteiger partial charge in [-0.3, -0.25) is 14.9 Å². The van der Waals surface area contributed by atoms with Gasteiger partial charge in [0.25, 0.3) is 0 Å². The molecule has 0 radical (unpaired) electrons. The van der Waals surface area contributed by atoms with Gasteiger partial charge in [0, 0.05) is 37.6 Å². The summed E-state index contributed by atoms with van der Waals surface area (Å²) in [6, 6.07) is 14.9. The normalized spacial score (nSPS) is 19.4. The van der Waals surface area contributed by atoms with Crippen molar-refractivity contribution in [2.75, 3.05) is 36.4 Å². The van der Waals surface area contributed by atoms with Crippen molar-refractivity contribution in [2.24, 2.45) is 4.99 Å². The van der Waals surface area contributed by atoms with Crippen molar-refractivity contribution in [3.05, 3.63) is 60.4 Å². The Kier molecular flexibility index (Phi) is 5.41. The molecule has 0 spiro atoms. The number of para-hydroxylation sites is 1. The number of anilines is 2. The molecule has 0 aliphatic carbocycles. The molecule has 1 saturated heterocycles. The first-order valence-corrected chi connectivity index (χ1v) is 9.57. The van der Waals surface area contributed by atoms with Crippen molar-refractivity contribution in [1.82, 2.24) is 10.2 Å². The number of carbonyl (C=O) groups is 2. The number of aliphatic imine (C=N–C) groups is 1. The van der Waals surface area contributed by atoms with Crippen LogP contribution < -0.4 is 15.5 Å². The Labute approximate surface area is 168 Å². The summed E-state index contributed by atoms with van der Waals surface area (Å²) in [5.41, 5.74) is 1.50. The number of benzene rings is 2. The van der Waals surface area contributed by atoms with Crippen LogP contribution in [0.5, 0.6) is 0 Å². The quantitative estimate of drug-likeness (QED) is 0.831. The van der Waals surface area contributed by atoms with Gasteiger partial charge in [-0.2, -0.15) is 0 Å². The standard InChI is InChI=1S/C21H22FN5O2/c22-15-5-4-6-16(13-15)23-20(29)18-14-19(28)25-21(24-18)27-11-9-26(10-12-27)17-7-2-1-3-8-17/h1-8,13,18H,9-12,14H2,(H,23,29)(H,24,25,28)/t18-/m0/s1. The van der Waals surface area contributed by atoms with E-state index in [9.17, 15) is 14.0 Å². The highest BCUT2D eigenvalue weighted by Gasteiger charge is 2.30. The number of piperazine rings is 1. The molecule has 150 valence electrons. The van der Waals surface area contributed by atoms with Gasteiger partial charge in [-0.05, 0) is 30.3 Å². The van der Waals surface area contributed by atoms with Crippen LogP contribution >= 0.6 is 0 Å². The largest absolute Gasteiger partial charge is 0.368 e. The monoisotopic (exact) mass is 395 g/mol. The van der Waals surface area contributed by atoms with E-state index in [1.54, 1.807) is 6.07 Å². The maximum Gasteiger partial charge on any atom is 0.249 e. The van der Waals surface area contributed by atoms with Crippen LogP contribution in [0.1, 0.15) is 6.42 Å². The van der Waals surface area contributed by atoms with Crippen LogP contribution in [0.3, 0.4) is 0 Å². The molecule has 2 N–H and O–H groups in total. The van der Waals surface area contributed by atoms with E-state index in [1.165, 1.54) is 18.2 Å². The van der Waals surface area contributed by atoms with Crippen LogP contribution in [0, 0.1) is 5.82 Å². The van der Waals surface area contributed by atoms with Crippen LogP contribution in [-0.2, 0) is 9.59 Å². The van der Waals surface area contributed by atoms with Crippen LogP contribution in [0.2, 0.25) is 0 Å². The Balaban J connectivity index is 1.41. The highest BCUT2D eigenvalue weighted by molar-refractivity contribution is 6.06. The van der Waals surface area contributed by atoms with Gasteiger partial charge in [-0.25, -0.2) is 9.38 Å². The molecule has 8 heteroatoms. The molecule has 1 fully saturated rings. The summed E-state index contributed by atoms with van der Waals surface area (Å²) in [4.78, 5) is 33.4. The third-order valence-electron chi connectivity index (χ3n) is 5.00.